The number of hydrogen-bond donors (Lipinski definition) is 2. The molecule has 0 spiro atoms. The summed E-state index contributed by atoms with van der Waals surface area (Å²) in [5.74, 6) is 0.608. The van der Waals surface area contributed by atoms with E-state index in [1.807, 2.05) is 30.3 Å². The Balaban J connectivity index is 1.86. The molecule has 1 saturated heterocycles. The zero-order valence-corrected chi connectivity index (χ0v) is 12.0. The lowest BCUT2D eigenvalue weighted by Gasteiger charge is -2.27. The van der Waals surface area contributed by atoms with Crippen LogP contribution in [-0.2, 0) is 0 Å². The van der Waals surface area contributed by atoms with Gasteiger partial charge in [-0.1, -0.05) is 18.2 Å². The predicted octanol–water partition coefficient (Wildman–Crippen LogP) is 0.518. The summed E-state index contributed by atoms with van der Waals surface area (Å²) < 4.78 is 1.70. The highest BCUT2D eigenvalue weighted by molar-refractivity contribution is 5.76. The molecule has 2 N–H and O–H groups in total. The number of anilines is 1. The van der Waals surface area contributed by atoms with Crippen molar-refractivity contribution in [2.45, 2.75) is 0 Å². The summed E-state index contributed by atoms with van der Waals surface area (Å²) in [6, 6.07) is 9.71. The molecule has 1 aliphatic heterocycles. The Kier molecular flexibility index (Phi) is 3.12. The molecule has 1 fully saturated rings. The van der Waals surface area contributed by atoms with E-state index in [0.717, 1.165) is 31.9 Å². The van der Waals surface area contributed by atoms with Gasteiger partial charge in [-0.25, -0.2) is 4.68 Å². The van der Waals surface area contributed by atoms with Crippen LogP contribution in [0, 0.1) is 0 Å². The van der Waals surface area contributed by atoms with Gasteiger partial charge in [-0.15, -0.1) is 0 Å². The van der Waals surface area contributed by atoms with Crippen LogP contribution < -0.4 is 15.8 Å². The highest BCUT2D eigenvalue weighted by Gasteiger charge is 2.16. The Morgan fingerprint density at radius 1 is 1.09 bits per heavy atom. The third kappa shape index (κ3) is 2.15. The van der Waals surface area contributed by atoms with Gasteiger partial charge in [0.15, 0.2) is 5.65 Å². The van der Waals surface area contributed by atoms with Gasteiger partial charge in [-0.3, -0.25) is 9.78 Å². The van der Waals surface area contributed by atoms with Crippen molar-refractivity contribution in [1.82, 2.24) is 25.1 Å². The van der Waals surface area contributed by atoms with E-state index < -0.39 is 0 Å². The van der Waals surface area contributed by atoms with Gasteiger partial charge in [0.05, 0.1) is 11.9 Å². The lowest BCUT2D eigenvalue weighted by molar-refractivity contribution is 0.580. The van der Waals surface area contributed by atoms with Gasteiger partial charge >= 0.3 is 0 Å². The van der Waals surface area contributed by atoms with Crippen LogP contribution in [0.2, 0.25) is 0 Å². The standard InChI is InChI=1S/C15H16N6O/c22-14-12-10-17-21(11-4-2-1-3-5-11)13(12)18-15(19-14)20-8-6-16-7-9-20/h1-5,10,16H,6-9H2,(H,18,19,22). The van der Waals surface area contributed by atoms with Crippen molar-refractivity contribution in [3.63, 3.8) is 0 Å². The van der Waals surface area contributed by atoms with Gasteiger partial charge in [-0.05, 0) is 12.1 Å². The van der Waals surface area contributed by atoms with E-state index >= 15 is 0 Å². The van der Waals surface area contributed by atoms with E-state index in [2.05, 4.69) is 25.3 Å². The zero-order valence-electron chi connectivity index (χ0n) is 12.0. The van der Waals surface area contributed by atoms with Crippen molar-refractivity contribution in [2.24, 2.45) is 0 Å². The molecule has 0 unspecified atom stereocenters. The molecule has 1 aromatic carbocycles. The van der Waals surface area contributed by atoms with Crippen LogP contribution in [0.1, 0.15) is 0 Å². The van der Waals surface area contributed by atoms with Crippen molar-refractivity contribution in [2.75, 3.05) is 31.1 Å². The lowest BCUT2D eigenvalue weighted by Crippen LogP contribution is -2.44. The molecule has 2 aromatic heterocycles. The number of nitrogens with zero attached hydrogens (tertiary/aromatic N) is 4. The predicted molar refractivity (Wildman–Crippen MR) is 84.6 cm³/mol. The Morgan fingerprint density at radius 2 is 1.86 bits per heavy atom. The van der Waals surface area contributed by atoms with E-state index in [0.29, 0.717) is 17.0 Å². The minimum absolute atomic E-state index is 0.152. The van der Waals surface area contributed by atoms with Crippen molar-refractivity contribution < 1.29 is 0 Å². The first-order valence-electron chi connectivity index (χ1n) is 7.32. The number of para-hydroxylation sites is 1. The molecule has 7 nitrogen and oxygen atoms in total. The number of aromatic nitrogens is 4. The number of benzene rings is 1. The van der Waals surface area contributed by atoms with Crippen LogP contribution in [0.15, 0.2) is 41.3 Å². The van der Waals surface area contributed by atoms with Gasteiger partial charge in [0.25, 0.3) is 5.56 Å². The fraction of sp³-hybridized carbons (Fsp3) is 0.267. The van der Waals surface area contributed by atoms with Gasteiger partial charge in [-0.2, -0.15) is 10.1 Å². The van der Waals surface area contributed by atoms with Crippen LogP contribution >= 0.6 is 0 Å². The third-order valence-corrected chi connectivity index (χ3v) is 3.84. The molecule has 0 bridgehead atoms. The number of aromatic amines is 1. The Labute approximate surface area is 126 Å². The molecule has 3 heterocycles. The Hall–Kier alpha value is -2.67. The number of H-pyrrole nitrogens is 1. The van der Waals surface area contributed by atoms with Crippen molar-refractivity contribution in [3.05, 3.63) is 46.9 Å². The molecule has 0 saturated carbocycles. The summed E-state index contributed by atoms with van der Waals surface area (Å²) in [5.41, 5.74) is 1.33. The fourth-order valence-corrected chi connectivity index (χ4v) is 2.69. The van der Waals surface area contributed by atoms with E-state index in [1.165, 1.54) is 0 Å². The summed E-state index contributed by atoms with van der Waals surface area (Å²) in [4.78, 5) is 21.9. The average Bonchev–Trinajstić information content (AvgIpc) is 3.01. The van der Waals surface area contributed by atoms with E-state index in [-0.39, 0.29) is 5.56 Å². The smallest absolute Gasteiger partial charge is 0.263 e. The number of fused-ring (bicyclic) bond motifs is 1. The van der Waals surface area contributed by atoms with Crippen LogP contribution in [-0.4, -0.2) is 45.9 Å². The lowest BCUT2D eigenvalue weighted by atomic mass is 10.3. The van der Waals surface area contributed by atoms with E-state index in [4.69, 9.17) is 0 Å². The Bertz CT molecular complexity index is 847. The second-order valence-electron chi connectivity index (χ2n) is 5.26. The van der Waals surface area contributed by atoms with Gasteiger partial charge in [0.1, 0.15) is 5.39 Å². The molecular weight excluding hydrogens is 280 g/mol. The summed E-state index contributed by atoms with van der Waals surface area (Å²) in [5, 5.41) is 8.11. The van der Waals surface area contributed by atoms with Crippen LogP contribution in [0.3, 0.4) is 0 Å². The quantitative estimate of drug-likeness (QED) is 0.721. The van der Waals surface area contributed by atoms with Crippen molar-refractivity contribution in [3.8, 4) is 5.69 Å². The van der Waals surface area contributed by atoms with Crippen LogP contribution in [0.5, 0.6) is 0 Å². The molecular formula is C15H16N6O. The van der Waals surface area contributed by atoms with Crippen LogP contribution in [0.4, 0.5) is 5.95 Å². The van der Waals surface area contributed by atoms with E-state index in [9.17, 15) is 4.79 Å². The molecule has 112 valence electrons. The molecule has 0 atom stereocenters. The minimum atomic E-state index is -0.152. The fourth-order valence-electron chi connectivity index (χ4n) is 2.69. The first-order valence-corrected chi connectivity index (χ1v) is 7.32. The second-order valence-corrected chi connectivity index (χ2v) is 5.26. The monoisotopic (exact) mass is 296 g/mol. The Morgan fingerprint density at radius 3 is 2.64 bits per heavy atom. The molecule has 7 heteroatoms. The number of piperazine rings is 1. The number of rotatable bonds is 2. The minimum Gasteiger partial charge on any atom is -0.340 e. The normalized spacial score (nSPS) is 15.4. The molecule has 0 amide bonds. The van der Waals surface area contributed by atoms with Gasteiger partial charge < -0.3 is 10.2 Å². The van der Waals surface area contributed by atoms with Crippen molar-refractivity contribution in [1.29, 1.82) is 0 Å². The first kappa shape index (κ1) is 13.0. The molecule has 1 aliphatic rings. The summed E-state index contributed by atoms with van der Waals surface area (Å²) in [7, 11) is 0. The first-order chi connectivity index (χ1) is 10.8. The zero-order chi connectivity index (χ0) is 14.9. The highest BCUT2D eigenvalue weighted by Crippen LogP contribution is 2.16. The summed E-state index contributed by atoms with van der Waals surface area (Å²) >= 11 is 0. The van der Waals surface area contributed by atoms with Gasteiger partial charge in [0, 0.05) is 26.2 Å². The van der Waals surface area contributed by atoms with Crippen LogP contribution in [0.25, 0.3) is 16.7 Å². The summed E-state index contributed by atoms with van der Waals surface area (Å²) in [6.45, 7) is 3.43. The third-order valence-electron chi connectivity index (χ3n) is 3.84. The maximum absolute atomic E-state index is 12.3. The SMILES string of the molecule is O=c1[nH]c(N2CCNCC2)nc2c1cnn2-c1ccccc1. The molecule has 4 rings (SSSR count). The molecule has 22 heavy (non-hydrogen) atoms. The topological polar surface area (TPSA) is 78.8 Å². The number of nitrogens with one attached hydrogen (secondary N) is 2. The molecule has 0 aliphatic carbocycles. The van der Waals surface area contributed by atoms with Crippen molar-refractivity contribution >= 4 is 17.0 Å². The summed E-state index contributed by atoms with van der Waals surface area (Å²) in [6.07, 6.45) is 1.57. The molecule has 3 aromatic rings. The van der Waals surface area contributed by atoms with E-state index in [1.54, 1.807) is 10.9 Å². The average molecular weight is 296 g/mol. The highest BCUT2D eigenvalue weighted by atomic mass is 16.1. The van der Waals surface area contributed by atoms with Gasteiger partial charge in [0.2, 0.25) is 5.95 Å². The largest absolute Gasteiger partial charge is 0.340 e. The second kappa shape index (κ2) is 5.27. The number of hydrogen-bond acceptors (Lipinski definition) is 5. The maximum atomic E-state index is 12.3. The maximum Gasteiger partial charge on any atom is 0.263 e. The molecule has 0 radical (unpaired) electrons.